The van der Waals surface area contributed by atoms with Crippen molar-refractivity contribution in [2.45, 2.75) is 13.2 Å². The van der Waals surface area contributed by atoms with Gasteiger partial charge in [-0.05, 0) is 47.5 Å². The van der Waals surface area contributed by atoms with E-state index in [4.69, 9.17) is 27.4 Å². The number of benzene rings is 3. The van der Waals surface area contributed by atoms with Crippen LogP contribution in [0.5, 0.6) is 5.75 Å². The van der Waals surface area contributed by atoms with Gasteiger partial charge in [-0.2, -0.15) is 0 Å². The first-order valence-corrected chi connectivity index (χ1v) is 11.0. The number of hydrogen-bond donors (Lipinski definition) is 1. The number of ketones is 1. The molecule has 7 nitrogen and oxygen atoms in total. The normalized spacial score (nSPS) is 12.2. The van der Waals surface area contributed by atoms with Gasteiger partial charge in [0.05, 0.1) is 6.54 Å². The highest BCUT2D eigenvalue weighted by Crippen LogP contribution is 2.24. The Hall–Kier alpha value is -4.04. The molecule has 0 saturated heterocycles. The van der Waals surface area contributed by atoms with Gasteiger partial charge in [0, 0.05) is 23.2 Å². The minimum Gasteiger partial charge on any atom is -0.482 e. The van der Waals surface area contributed by atoms with E-state index < -0.39 is 5.97 Å². The van der Waals surface area contributed by atoms with Crippen LogP contribution in [-0.4, -0.2) is 40.7 Å². The molecule has 1 aliphatic rings. The lowest BCUT2D eigenvalue weighted by molar-refractivity contribution is -0.147. The smallest absolute Gasteiger partial charge is 0.344 e. The molecule has 0 aliphatic carbocycles. The van der Waals surface area contributed by atoms with E-state index in [0.29, 0.717) is 29.0 Å². The molecular weight excluding hydrogens is 452 g/mol. The van der Waals surface area contributed by atoms with E-state index in [9.17, 15) is 14.4 Å². The van der Waals surface area contributed by atoms with Crippen molar-refractivity contribution in [2.75, 3.05) is 13.2 Å². The van der Waals surface area contributed by atoms with E-state index in [1.807, 2.05) is 30.3 Å². The number of nitrogens with zero attached hydrogens (tertiary/aromatic N) is 1. The maximum absolute atomic E-state index is 12.7. The summed E-state index contributed by atoms with van der Waals surface area (Å²) in [5, 5.41) is 0. The number of thiocarbonyl (C=S) groups is 1. The van der Waals surface area contributed by atoms with Crippen molar-refractivity contribution < 1.29 is 23.9 Å². The molecule has 2 N–H and O–H groups in total. The Morgan fingerprint density at radius 3 is 2.38 bits per heavy atom. The summed E-state index contributed by atoms with van der Waals surface area (Å²) in [6, 6.07) is 21.0. The molecule has 0 bridgehead atoms. The van der Waals surface area contributed by atoms with Crippen molar-refractivity contribution in [1.29, 1.82) is 0 Å². The second-order valence-electron chi connectivity index (χ2n) is 7.78. The molecule has 0 atom stereocenters. The highest BCUT2D eigenvalue weighted by atomic mass is 32.1. The number of rotatable bonds is 9. The van der Waals surface area contributed by atoms with Gasteiger partial charge in [-0.3, -0.25) is 9.59 Å². The van der Waals surface area contributed by atoms with Crippen LogP contribution in [0, 0.1) is 0 Å². The van der Waals surface area contributed by atoms with Crippen LogP contribution in [0.2, 0.25) is 0 Å². The molecule has 1 aliphatic heterocycles. The number of esters is 1. The largest absolute Gasteiger partial charge is 0.482 e. The standard InChI is InChI=1S/C26H22N2O5S/c27-25(34)19-8-11-22-20(12-19)13-28(26(22)31)14-23(29)18-6-9-21(10-7-18)32-16-24(30)33-15-17-4-2-1-3-5-17/h1-12H,13-16H2,(H2,27,34). The Bertz CT molecular complexity index is 1240. The molecule has 1 amide bonds. The SMILES string of the molecule is NC(=S)c1ccc2c(c1)CN(CC(=O)c1ccc(OCC(=O)OCc3ccccc3)cc1)C2=O. The van der Waals surface area contributed by atoms with Crippen LogP contribution < -0.4 is 10.5 Å². The van der Waals surface area contributed by atoms with Crippen molar-refractivity contribution in [2.24, 2.45) is 5.73 Å². The fourth-order valence-corrected chi connectivity index (χ4v) is 3.71. The van der Waals surface area contributed by atoms with Gasteiger partial charge in [-0.15, -0.1) is 0 Å². The lowest BCUT2D eigenvalue weighted by Crippen LogP contribution is -2.30. The van der Waals surface area contributed by atoms with Crippen LogP contribution in [0.1, 0.15) is 37.4 Å². The number of fused-ring (bicyclic) bond motifs is 1. The molecule has 172 valence electrons. The first kappa shape index (κ1) is 23.1. The van der Waals surface area contributed by atoms with Gasteiger partial charge in [-0.1, -0.05) is 48.6 Å². The number of hydrogen-bond acceptors (Lipinski definition) is 6. The number of Topliss-reactive ketones (excluding diaryl/α,β-unsaturated/α-hetero) is 1. The van der Waals surface area contributed by atoms with E-state index in [0.717, 1.165) is 11.1 Å². The summed E-state index contributed by atoms with van der Waals surface area (Å²) < 4.78 is 10.6. The Morgan fingerprint density at radius 1 is 0.971 bits per heavy atom. The monoisotopic (exact) mass is 474 g/mol. The first-order valence-electron chi connectivity index (χ1n) is 10.6. The summed E-state index contributed by atoms with van der Waals surface area (Å²) in [5.41, 5.74) is 9.03. The Labute approximate surface area is 202 Å². The predicted octanol–water partition coefficient (Wildman–Crippen LogP) is 3.28. The number of carbonyl (C=O) groups excluding carboxylic acids is 3. The molecule has 0 saturated carbocycles. The van der Waals surface area contributed by atoms with Crippen LogP contribution in [-0.2, 0) is 22.7 Å². The lowest BCUT2D eigenvalue weighted by atomic mass is 10.1. The van der Waals surface area contributed by atoms with Gasteiger partial charge in [-0.25, -0.2) is 4.79 Å². The van der Waals surface area contributed by atoms with Gasteiger partial charge < -0.3 is 20.1 Å². The second kappa shape index (κ2) is 10.3. The van der Waals surface area contributed by atoms with Crippen molar-refractivity contribution >= 4 is 34.9 Å². The Kier molecular flexibility index (Phi) is 6.98. The van der Waals surface area contributed by atoms with Crippen molar-refractivity contribution in [3.8, 4) is 5.75 Å². The fraction of sp³-hybridized carbons (Fsp3) is 0.154. The van der Waals surface area contributed by atoms with Crippen LogP contribution in [0.25, 0.3) is 0 Å². The molecule has 0 spiro atoms. The summed E-state index contributed by atoms with van der Waals surface area (Å²) in [6.07, 6.45) is 0. The highest BCUT2D eigenvalue weighted by Gasteiger charge is 2.29. The minimum absolute atomic E-state index is 0.0536. The van der Waals surface area contributed by atoms with Crippen LogP contribution in [0.4, 0.5) is 0 Å². The van der Waals surface area contributed by atoms with Crippen LogP contribution in [0.15, 0.2) is 72.8 Å². The maximum atomic E-state index is 12.7. The van der Waals surface area contributed by atoms with E-state index in [-0.39, 0.29) is 36.4 Å². The van der Waals surface area contributed by atoms with Gasteiger partial charge in [0.25, 0.3) is 5.91 Å². The first-order chi connectivity index (χ1) is 16.4. The summed E-state index contributed by atoms with van der Waals surface area (Å²) in [5.74, 6) is -0.464. The van der Waals surface area contributed by atoms with Gasteiger partial charge in [0.2, 0.25) is 0 Å². The third-order valence-electron chi connectivity index (χ3n) is 5.38. The molecule has 4 rings (SSSR count). The number of amides is 1. The zero-order valence-corrected chi connectivity index (χ0v) is 19.0. The number of carbonyl (C=O) groups is 3. The summed E-state index contributed by atoms with van der Waals surface area (Å²) >= 11 is 4.99. The van der Waals surface area contributed by atoms with Crippen LogP contribution in [0.3, 0.4) is 0 Å². The molecule has 34 heavy (non-hydrogen) atoms. The zero-order chi connectivity index (χ0) is 24.1. The van der Waals surface area contributed by atoms with Crippen LogP contribution >= 0.6 is 12.2 Å². The average molecular weight is 475 g/mol. The Balaban J connectivity index is 1.28. The quantitative estimate of drug-likeness (QED) is 0.289. The second-order valence-corrected chi connectivity index (χ2v) is 8.22. The molecule has 0 radical (unpaired) electrons. The topological polar surface area (TPSA) is 98.9 Å². The van der Waals surface area contributed by atoms with Crippen molar-refractivity contribution in [3.63, 3.8) is 0 Å². The molecule has 1 heterocycles. The lowest BCUT2D eigenvalue weighted by Gasteiger charge is -2.14. The molecular formula is C26H22N2O5S. The van der Waals surface area contributed by atoms with E-state index in [1.165, 1.54) is 4.90 Å². The zero-order valence-electron chi connectivity index (χ0n) is 18.2. The predicted molar refractivity (Wildman–Crippen MR) is 130 cm³/mol. The molecule has 8 heteroatoms. The number of ether oxygens (including phenoxy) is 2. The van der Waals surface area contributed by atoms with Gasteiger partial charge >= 0.3 is 5.97 Å². The third kappa shape index (κ3) is 5.47. The molecule has 3 aromatic rings. The summed E-state index contributed by atoms with van der Waals surface area (Å²) in [4.78, 5) is 39.0. The van der Waals surface area contributed by atoms with Crippen molar-refractivity contribution in [3.05, 3.63) is 101 Å². The molecule has 0 fully saturated rings. The summed E-state index contributed by atoms with van der Waals surface area (Å²) in [6.45, 7) is 0.204. The van der Waals surface area contributed by atoms with Gasteiger partial charge in [0.1, 0.15) is 17.3 Å². The average Bonchev–Trinajstić information content (AvgIpc) is 3.16. The number of nitrogens with two attached hydrogens (primary N) is 1. The van der Waals surface area contributed by atoms with E-state index in [1.54, 1.807) is 42.5 Å². The molecule has 0 unspecified atom stereocenters. The van der Waals surface area contributed by atoms with Gasteiger partial charge in [0.15, 0.2) is 12.4 Å². The molecule has 3 aromatic carbocycles. The molecule has 0 aromatic heterocycles. The maximum Gasteiger partial charge on any atom is 0.344 e. The Morgan fingerprint density at radius 2 is 1.68 bits per heavy atom. The fourth-order valence-electron chi connectivity index (χ4n) is 3.59. The summed E-state index contributed by atoms with van der Waals surface area (Å²) in [7, 11) is 0. The highest BCUT2D eigenvalue weighted by molar-refractivity contribution is 7.80. The van der Waals surface area contributed by atoms with Crippen molar-refractivity contribution in [1.82, 2.24) is 4.90 Å². The van der Waals surface area contributed by atoms with E-state index >= 15 is 0 Å². The van der Waals surface area contributed by atoms with E-state index in [2.05, 4.69) is 0 Å². The third-order valence-corrected chi connectivity index (χ3v) is 5.61. The minimum atomic E-state index is -0.491.